The minimum absolute atomic E-state index is 0.000286. The molecule has 3 rings (SSSR count). The number of sulfonamides is 1. The molecule has 0 fully saturated rings. The van der Waals surface area contributed by atoms with Gasteiger partial charge in [0.1, 0.15) is 0 Å². The third-order valence-electron chi connectivity index (χ3n) is 4.61. The number of benzene rings is 3. The number of hydrogen-bond acceptors (Lipinski definition) is 4. The van der Waals surface area contributed by atoms with Gasteiger partial charge in [-0.3, -0.25) is 4.79 Å². The Morgan fingerprint density at radius 2 is 1.40 bits per heavy atom. The maximum Gasteiger partial charge on any atom is 0.307 e. The van der Waals surface area contributed by atoms with E-state index < -0.39 is 16.0 Å². The van der Waals surface area contributed by atoms with Gasteiger partial charge in [0.25, 0.3) is 0 Å². The first-order valence-electron chi connectivity index (χ1n) is 9.89. The molecular formula is C24H25NO4S. The maximum absolute atomic E-state index is 12.4. The van der Waals surface area contributed by atoms with Crippen LogP contribution in [0.2, 0.25) is 0 Å². The summed E-state index contributed by atoms with van der Waals surface area (Å²) in [5, 5.41) is 0. The van der Waals surface area contributed by atoms with Crippen molar-refractivity contribution in [2.75, 3.05) is 13.2 Å². The minimum Gasteiger partial charge on any atom is -0.466 e. The molecule has 30 heavy (non-hydrogen) atoms. The van der Waals surface area contributed by atoms with Crippen molar-refractivity contribution >= 4 is 16.0 Å². The lowest BCUT2D eigenvalue weighted by Crippen LogP contribution is -2.26. The lowest BCUT2D eigenvalue weighted by Gasteiger charge is -2.08. The van der Waals surface area contributed by atoms with Crippen LogP contribution in [0.1, 0.15) is 18.4 Å². The van der Waals surface area contributed by atoms with Gasteiger partial charge in [-0.1, -0.05) is 72.8 Å². The summed E-state index contributed by atoms with van der Waals surface area (Å²) >= 11 is 0. The molecule has 0 aliphatic carbocycles. The molecule has 0 unspecified atom stereocenters. The molecule has 6 heteroatoms. The van der Waals surface area contributed by atoms with Crippen molar-refractivity contribution < 1.29 is 17.9 Å². The fourth-order valence-corrected chi connectivity index (χ4v) is 4.04. The van der Waals surface area contributed by atoms with Crippen LogP contribution in [0.4, 0.5) is 0 Å². The van der Waals surface area contributed by atoms with Crippen molar-refractivity contribution in [2.45, 2.75) is 24.2 Å². The van der Waals surface area contributed by atoms with E-state index in [9.17, 15) is 13.2 Å². The number of carbonyl (C=O) groups is 1. The number of nitrogens with one attached hydrogen (secondary N) is 1. The van der Waals surface area contributed by atoms with Crippen molar-refractivity contribution in [3.8, 4) is 11.1 Å². The summed E-state index contributed by atoms with van der Waals surface area (Å²) in [5.74, 6) is -0.412. The van der Waals surface area contributed by atoms with Crippen molar-refractivity contribution in [2.24, 2.45) is 0 Å². The maximum atomic E-state index is 12.4. The lowest BCUT2D eigenvalue weighted by atomic mass is 10.1. The second-order valence-electron chi connectivity index (χ2n) is 6.85. The first-order valence-corrected chi connectivity index (χ1v) is 11.4. The highest BCUT2D eigenvalue weighted by atomic mass is 32.2. The van der Waals surface area contributed by atoms with Gasteiger partial charge in [0.05, 0.1) is 17.9 Å². The van der Waals surface area contributed by atoms with Gasteiger partial charge in [-0.25, -0.2) is 13.1 Å². The van der Waals surface area contributed by atoms with Crippen molar-refractivity contribution in [3.05, 3.63) is 90.5 Å². The zero-order valence-corrected chi connectivity index (χ0v) is 17.5. The molecule has 0 atom stereocenters. The van der Waals surface area contributed by atoms with Gasteiger partial charge in [-0.15, -0.1) is 0 Å². The standard InChI is InChI=1S/C24H25NO4S/c26-24(29-19-7-10-20-8-3-1-4-9-20)17-18-25-30(27,28)23-15-13-22(14-16-23)21-11-5-2-6-12-21/h1-6,8-9,11-16,25H,7,10,17-19H2. The lowest BCUT2D eigenvalue weighted by molar-refractivity contribution is -0.143. The Kier molecular flexibility index (Phi) is 7.76. The Hall–Kier alpha value is -2.96. The predicted molar refractivity (Wildman–Crippen MR) is 117 cm³/mol. The molecule has 0 aromatic heterocycles. The molecule has 0 aliphatic heterocycles. The predicted octanol–water partition coefficient (Wildman–Crippen LogP) is 4.20. The Morgan fingerprint density at radius 1 is 0.800 bits per heavy atom. The third-order valence-corrected chi connectivity index (χ3v) is 6.09. The number of esters is 1. The van der Waals surface area contributed by atoms with E-state index in [0.717, 1.165) is 24.0 Å². The molecule has 5 nitrogen and oxygen atoms in total. The zero-order chi connectivity index (χ0) is 21.2. The fraction of sp³-hybridized carbons (Fsp3) is 0.208. The molecule has 1 N–H and O–H groups in total. The van der Waals surface area contributed by atoms with Crippen LogP contribution in [-0.4, -0.2) is 27.5 Å². The molecule has 156 valence electrons. The summed E-state index contributed by atoms with van der Waals surface area (Å²) in [6.07, 6.45) is 1.56. The van der Waals surface area contributed by atoms with E-state index in [1.54, 1.807) is 24.3 Å². The van der Waals surface area contributed by atoms with Crippen molar-refractivity contribution in [3.63, 3.8) is 0 Å². The summed E-state index contributed by atoms with van der Waals surface area (Å²) < 4.78 is 32.5. The van der Waals surface area contributed by atoms with E-state index in [0.29, 0.717) is 6.61 Å². The molecule has 0 spiro atoms. The molecule has 3 aromatic rings. The summed E-state index contributed by atoms with van der Waals surface area (Å²) in [5.41, 5.74) is 3.15. The second kappa shape index (κ2) is 10.7. The average molecular weight is 424 g/mol. The van der Waals surface area contributed by atoms with Crippen molar-refractivity contribution in [1.29, 1.82) is 0 Å². The average Bonchev–Trinajstić information content (AvgIpc) is 2.78. The molecule has 0 aliphatic rings. The molecule has 3 aromatic carbocycles. The Bertz CT molecular complexity index is 1030. The number of carbonyl (C=O) groups excluding carboxylic acids is 1. The SMILES string of the molecule is O=C(CCNS(=O)(=O)c1ccc(-c2ccccc2)cc1)OCCCc1ccccc1. The minimum atomic E-state index is -3.67. The quantitative estimate of drug-likeness (QED) is 0.392. The smallest absolute Gasteiger partial charge is 0.307 e. The highest BCUT2D eigenvalue weighted by Crippen LogP contribution is 2.20. The van der Waals surface area contributed by atoms with Gasteiger partial charge in [0, 0.05) is 6.54 Å². The second-order valence-corrected chi connectivity index (χ2v) is 8.61. The normalized spacial score (nSPS) is 11.2. The number of rotatable bonds is 10. The van der Waals surface area contributed by atoms with Gasteiger partial charge in [0.2, 0.25) is 10.0 Å². The topological polar surface area (TPSA) is 72.5 Å². The molecular weight excluding hydrogens is 398 g/mol. The Balaban J connectivity index is 1.40. The van der Waals surface area contributed by atoms with Gasteiger partial charge in [0.15, 0.2) is 0 Å². The monoisotopic (exact) mass is 423 g/mol. The molecule has 0 bridgehead atoms. The number of ether oxygens (including phenoxy) is 1. The van der Waals surface area contributed by atoms with Crippen LogP contribution in [0.5, 0.6) is 0 Å². The molecule has 0 saturated carbocycles. The van der Waals surface area contributed by atoms with Crippen LogP contribution in [0, 0.1) is 0 Å². The van der Waals surface area contributed by atoms with E-state index in [-0.39, 0.29) is 17.9 Å². The van der Waals surface area contributed by atoms with E-state index in [4.69, 9.17) is 4.74 Å². The molecule has 0 amide bonds. The highest BCUT2D eigenvalue weighted by molar-refractivity contribution is 7.89. The van der Waals surface area contributed by atoms with Crippen LogP contribution < -0.4 is 4.72 Å². The fourth-order valence-electron chi connectivity index (χ4n) is 3.01. The van der Waals surface area contributed by atoms with Crippen LogP contribution in [0.15, 0.2) is 89.8 Å². The van der Waals surface area contributed by atoms with Crippen LogP contribution in [0.25, 0.3) is 11.1 Å². The van der Waals surface area contributed by atoms with E-state index in [1.807, 2.05) is 60.7 Å². The van der Waals surface area contributed by atoms with Gasteiger partial charge in [-0.05, 0) is 41.7 Å². The summed E-state index contributed by atoms with van der Waals surface area (Å²) in [7, 11) is -3.67. The summed E-state index contributed by atoms with van der Waals surface area (Å²) in [6, 6.07) is 26.4. The number of aryl methyl sites for hydroxylation is 1. The summed E-state index contributed by atoms with van der Waals surface area (Å²) in [6.45, 7) is 0.321. The van der Waals surface area contributed by atoms with Crippen LogP contribution in [0.3, 0.4) is 0 Å². The van der Waals surface area contributed by atoms with Crippen molar-refractivity contribution in [1.82, 2.24) is 4.72 Å². The summed E-state index contributed by atoms with van der Waals surface area (Å²) in [4.78, 5) is 12.0. The molecule has 0 heterocycles. The van der Waals surface area contributed by atoms with Gasteiger partial charge >= 0.3 is 5.97 Å². The van der Waals surface area contributed by atoms with E-state index in [1.165, 1.54) is 5.56 Å². The third kappa shape index (κ3) is 6.54. The van der Waals surface area contributed by atoms with E-state index in [2.05, 4.69) is 4.72 Å². The highest BCUT2D eigenvalue weighted by Gasteiger charge is 2.14. The molecule has 0 radical (unpaired) electrons. The Morgan fingerprint density at radius 3 is 2.07 bits per heavy atom. The van der Waals surface area contributed by atoms with Gasteiger partial charge in [-0.2, -0.15) is 0 Å². The zero-order valence-electron chi connectivity index (χ0n) is 16.7. The van der Waals surface area contributed by atoms with Gasteiger partial charge < -0.3 is 4.74 Å². The largest absolute Gasteiger partial charge is 0.466 e. The Labute approximate surface area is 177 Å². The van der Waals surface area contributed by atoms with Crippen LogP contribution in [-0.2, 0) is 26.0 Å². The van der Waals surface area contributed by atoms with E-state index >= 15 is 0 Å². The molecule has 0 saturated heterocycles. The van der Waals surface area contributed by atoms with Crippen LogP contribution >= 0.6 is 0 Å². The first kappa shape index (κ1) is 21.7. The number of hydrogen-bond donors (Lipinski definition) is 1. The first-order chi connectivity index (χ1) is 14.5.